The number of halogens is 2. The average Bonchev–Trinajstić information content (AvgIpc) is 2.48. The smallest absolute Gasteiger partial charge is 0.328 e. The minimum absolute atomic E-state index is 0.00711. The number of nitrogens with zero attached hydrogens (tertiary/aromatic N) is 1. The number of amides is 1. The standard InChI is InChI=1S/C14H13Cl2NO4/c15-10-3-1-2-9(13(10)16)4-5-12(18)17-6-7-21-8-11(17)14(19)20/h1-5,11H,6-8H2,(H,19,20)/b5-4-/t11-/m1/s1. The maximum Gasteiger partial charge on any atom is 0.328 e. The minimum atomic E-state index is -1.09. The Balaban J connectivity index is 2.14. The van der Waals surface area contributed by atoms with Gasteiger partial charge in [0.1, 0.15) is 0 Å². The molecule has 2 rings (SSSR count). The van der Waals surface area contributed by atoms with Gasteiger partial charge in [0, 0.05) is 12.6 Å². The van der Waals surface area contributed by atoms with Crippen LogP contribution < -0.4 is 0 Å². The zero-order chi connectivity index (χ0) is 15.4. The molecule has 112 valence electrons. The van der Waals surface area contributed by atoms with E-state index in [1.807, 2.05) is 0 Å². The second kappa shape index (κ2) is 6.93. The van der Waals surface area contributed by atoms with Crippen molar-refractivity contribution in [2.75, 3.05) is 19.8 Å². The van der Waals surface area contributed by atoms with Gasteiger partial charge in [-0.25, -0.2) is 4.79 Å². The van der Waals surface area contributed by atoms with E-state index in [4.69, 9.17) is 33.0 Å². The number of rotatable bonds is 3. The molecule has 5 nitrogen and oxygen atoms in total. The lowest BCUT2D eigenvalue weighted by molar-refractivity contribution is -0.156. The third kappa shape index (κ3) is 3.75. The van der Waals surface area contributed by atoms with Gasteiger partial charge in [0.2, 0.25) is 5.91 Å². The molecule has 1 atom stereocenters. The Labute approximate surface area is 131 Å². The van der Waals surface area contributed by atoms with Crippen molar-refractivity contribution < 1.29 is 19.4 Å². The van der Waals surface area contributed by atoms with Gasteiger partial charge in [-0.05, 0) is 17.7 Å². The molecule has 0 radical (unpaired) electrons. The molecule has 21 heavy (non-hydrogen) atoms. The van der Waals surface area contributed by atoms with Crippen LogP contribution in [0.15, 0.2) is 24.3 Å². The summed E-state index contributed by atoms with van der Waals surface area (Å²) in [5.74, 6) is -1.49. The lowest BCUT2D eigenvalue weighted by Crippen LogP contribution is -2.52. The van der Waals surface area contributed by atoms with E-state index in [0.717, 1.165) is 0 Å². The van der Waals surface area contributed by atoms with Crippen molar-refractivity contribution >= 4 is 41.2 Å². The predicted molar refractivity (Wildman–Crippen MR) is 79.5 cm³/mol. The summed E-state index contributed by atoms with van der Waals surface area (Å²) in [5.41, 5.74) is 0.595. The fourth-order valence-electron chi connectivity index (χ4n) is 1.98. The number of hydrogen-bond acceptors (Lipinski definition) is 3. The average molecular weight is 330 g/mol. The summed E-state index contributed by atoms with van der Waals surface area (Å²) in [6.45, 7) is 0.553. The molecule has 0 aromatic heterocycles. The highest BCUT2D eigenvalue weighted by molar-refractivity contribution is 6.42. The van der Waals surface area contributed by atoms with Gasteiger partial charge < -0.3 is 14.7 Å². The first kappa shape index (κ1) is 15.8. The number of carbonyl (C=O) groups is 2. The molecule has 1 saturated heterocycles. The Hall–Kier alpha value is -1.56. The fourth-order valence-corrected chi connectivity index (χ4v) is 2.35. The lowest BCUT2D eigenvalue weighted by Gasteiger charge is -2.32. The van der Waals surface area contributed by atoms with E-state index in [1.54, 1.807) is 18.2 Å². The van der Waals surface area contributed by atoms with Gasteiger partial charge >= 0.3 is 5.97 Å². The van der Waals surface area contributed by atoms with Gasteiger partial charge in [-0.1, -0.05) is 35.3 Å². The molecule has 1 aromatic rings. The van der Waals surface area contributed by atoms with Gasteiger partial charge in [-0.15, -0.1) is 0 Å². The van der Waals surface area contributed by atoms with Crippen LogP contribution in [-0.2, 0) is 14.3 Å². The molecule has 1 fully saturated rings. The summed E-state index contributed by atoms with van der Waals surface area (Å²) < 4.78 is 5.08. The maximum atomic E-state index is 12.1. The highest BCUT2D eigenvalue weighted by Gasteiger charge is 2.31. The van der Waals surface area contributed by atoms with Crippen molar-refractivity contribution in [3.63, 3.8) is 0 Å². The topological polar surface area (TPSA) is 66.8 Å². The molecular weight excluding hydrogens is 317 g/mol. The predicted octanol–water partition coefficient (Wildman–Crippen LogP) is 2.32. The molecular formula is C14H13Cl2NO4. The van der Waals surface area contributed by atoms with Crippen molar-refractivity contribution in [3.8, 4) is 0 Å². The summed E-state index contributed by atoms with van der Waals surface area (Å²) >= 11 is 11.9. The van der Waals surface area contributed by atoms with Crippen LogP contribution in [0.1, 0.15) is 5.56 Å². The highest BCUT2D eigenvalue weighted by atomic mass is 35.5. The molecule has 1 aliphatic heterocycles. The Kier molecular flexibility index (Phi) is 5.22. The maximum absolute atomic E-state index is 12.1. The number of carbonyl (C=O) groups excluding carboxylic acids is 1. The van der Waals surface area contributed by atoms with Gasteiger partial charge in [-0.3, -0.25) is 4.79 Å². The molecule has 1 aliphatic rings. The summed E-state index contributed by atoms with van der Waals surface area (Å²) in [6, 6.07) is 4.11. The number of aliphatic carboxylic acids is 1. The Morgan fingerprint density at radius 1 is 1.38 bits per heavy atom. The van der Waals surface area contributed by atoms with E-state index in [1.165, 1.54) is 17.1 Å². The monoisotopic (exact) mass is 329 g/mol. The Morgan fingerprint density at radius 2 is 2.14 bits per heavy atom. The summed E-state index contributed by atoms with van der Waals surface area (Å²) in [6.07, 6.45) is 2.81. The summed E-state index contributed by atoms with van der Waals surface area (Å²) in [7, 11) is 0. The van der Waals surface area contributed by atoms with Crippen LogP contribution in [0.25, 0.3) is 6.08 Å². The lowest BCUT2D eigenvalue weighted by atomic mass is 10.2. The zero-order valence-electron chi connectivity index (χ0n) is 11.0. The molecule has 0 bridgehead atoms. The first-order valence-electron chi connectivity index (χ1n) is 6.24. The van der Waals surface area contributed by atoms with Gasteiger partial charge in [0.25, 0.3) is 0 Å². The molecule has 0 saturated carbocycles. The molecule has 1 amide bonds. The van der Waals surface area contributed by atoms with E-state index < -0.39 is 17.9 Å². The zero-order valence-corrected chi connectivity index (χ0v) is 12.5. The molecule has 0 spiro atoms. The number of carboxylic acids is 1. The number of hydrogen-bond donors (Lipinski definition) is 1. The van der Waals surface area contributed by atoms with Gasteiger partial charge in [0.05, 0.1) is 23.3 Å². The van der Waals surface area contributed by atoms with Crippen LogP contribution in [0.2, 0.25) is 10.0 Å². The normalized spacial score (nSPS) is 19.0. The van der Waals surface area contributed by atoms with Crippen LogP contribution >= 0.6 is 23.2 Å². The van der Waals surface area contributed by atoms with Crippen molar-refractivity contribution in [3.05, 3.63) is 39.9 Å². The van der Waals surface area contributed by atoms with Gasteiger partial charge in [0.15, 0.2) is 6.04 Å². The van der Waals surface area contributed by atoms with Crippen LogP contribution in [0.5, 0.6) is 0 Å². The highest BCUT2D eigenvalue weighted by Crippen LogP contribution is 2.26. The van der Waals surface area contributed by atoms with Crippen LogP contribution in [0.3, 0.4) is 0 Å². The third-order valence-electron chi connectivity index (χ3n) is 3.08. The number of morpholine rings is 1. The molecule has 1 aromatic carbocycles. The van der Waals surface area contributed by atoms with E-state index in [2.05, 4.69) is 0 Å². The third-order valence-corrected chi connectivity index (χ3v) is 3.92. The molecule has 1 heterocycles. The summed E-state index contributed by atoms with van der Waals surface area (Å²) in [4.78, 5) is 24.5. The first-order chi connectivity index (χ1) is 10.0. The Bertz CT molecular complexity index is 588. The van der Waals surface area contributed by atoms with Crippen LogP contribution in [-0.4, -0.2) is 47.7 Å². The first-order valence-corrected chi connectivity index (χ1v) is 6.99. The van der Waals surface area contributed by atoms with Crippen LogP contribution in [0, 0.1) is 0 Å². The van der Waals surface area contributed by atoms with Crippen molar-refractivity contribution in [2.24, 2.45) is 0 Å². The van der Waals surface area contributed by atoms with Crippen molar-refractivity contribution in [2.45, 2.75) is 6.04 Å². The van der Waals surface area contributed by atoms with Gasteiger partial charge in [-0.2, -0.15) is 0 Å². The van der Waals surface area contributed by atoms with E-state index in [-0.39, 0.29) is 13.2 Å². The second-order valence-corrected chi connectivity index (χ2v) is 5.22. The quantitative estimate of drug-likeness (QED) is 0.864. The molecule has 7 heteroatoms. The summed E-state index contributed by atoms with van der Waals surface area (Å²) in [5, 5.41) is 9.82. The van der Waals surface area contributed by atoms with Crippen LogP contribution in [0.4, 0.5) is 0 Å². The van der Waals surface area contributed by atoms with E-state index >= 15 is 0 Å². The minimum Gasteiger partial charge on any atom is -0.480 e. The fraction of sp³-hybridized carbons (Fsp3) is 0.286. The SMILES string of the molecule is O=C(O)[C@H]1COCCN1C(=O)/C=C\c1cccc(Cl)c1Cl. The van der Waals surface area contributed by atoms with Crippen molar-refractivity contribution in [1.29, 1.82) is 0 Å². The molecule has 0 unspecified atom stereocenters. The number of benzene rings is 1. The number of carboxylic acid groups (broad SMARTS) is 1. The second-order valence-electron chi connectivity index (χ2n) is 4.44. The molecule has 1 N–H and O–H groups in total. The van der Waals surface area contributed by atoms with E-state index in [9.17, 15) is 9.59 Å². The van der Waals surface area contributed by atoms with E-state index in [0.29, 0.717) is 22.2 Å². The Morgan fingerprint density at radius 3 is 2.86 bits per heavy atom. The van der Waals surface area contributed by atoms with Crippen molar-refractivity contribution in [1.82, 2.24) is 4.90 Å². The molecule has 0 aliphatic carbocycles. The largest absolute Gasteiger partial charge is 0.480 e. The number of ether oxygens (including phenoxy) is 1.